The summed E-state index contributed by atoms with van der Waals surface area (Å²) in [6.45, 7) is 3.55. The summed E-state index contributed by atoms with van der Waals surface area (Å²) in [7, 11) is 0. The van der Waals surface area contributed by atoms with E-state index in [9.17, 15) is 29.1 Å². The SMILES string of the molecule is CC(C)C(N)C(=O)NC(Cc1c[nH]c2ccccc12)C(=O)NC(CCC(N)=O)C(=O)NC(Cc1c[nH]c2ccccc12)C(=O)O. The number of fused-ring (bicyclic) bond motifs is 2. The van der Waals surface area contributed by atoms with Gasteiger partial charge in [0.25, 0.3) is 0 Å². The van der Waals surface area contributed by atoms with Gasteiger partial charge in [0.15, 0.2) is 0 Å². The first kappa shape index (κ1) is 32.7. The molecule has 4 rings (SSSR count). The Hall–Kier alpha value is -5.17. The summed E-state index contributed by atoms with van der Waals surface area (Å²) in [5.74, 6) is -4.26. The molecule has 2 aromatic heterocycles. The molecule has 0 spiro atoms. The molecule has 4 unspecified atom stereocenters. The molecular formula is C32H39N7O6. The summed E-state index contributed by atoms with van der Waals surface area (Å²) >= 11 is 0. The summed E-state index contributed by atoms with van der Waals surface area (Å²) in [5.41, 5.74) is 14.5. The molecule has 0 bridgehead atoms. The number of rotatable bonds is 15. The molecule has 0 fully saturated rings. The second kappa shape index (κ2) is 14.5. The number of aromatic nitrogens is 2. The smallest absolute Gasteiger partial charge is 0.326 e. The number of primary amides is 1. The van der Waals surface area contributed by atoms with Crippen LogP contribution >= 0.6 is 0 Å². The lowest BCUT2D eigenvalue weighted by Gasteiger charge is -2.25. The lowest BCUT2D eigenvalue weighted by molar-refractivity contribution is -0.142. The Bertz CT molecular complexity index is 1690. The number of H-pyrrole nitrogens is 2. The van der Waals surface area contributed by atoms with Crippen LogP contribution in [0.5, 0.6) is 0 Å². The number of carboxylic acids is 1. The molecule has 2 aromatic carbocycles. The predicted octanol–water partition coefficient (Wildman–Crippen LogP) is 1.22. The van der Waals surface area contributed by atoms with E-state index in [4.69, 9.17) is 11.5 Å². The number of hydrogen-bond donors (Lipinski definition) is 8. The summed E-state index contributed by atoms with van der Waals surface area (Å²) in [5, 5.41) is 19.4. The van der Waals surface area contributed by atoms with Crippen molar-refractivity contribution in [1.29, 1.82) is 0 Å². The van der Waals surface area contributed by atoms with E-state index >= 15 is 0 Å². The highest BCUT2D eigenvalue weighted by molar-refractivity contribution is 5.95. The second-order valence-electron chi connectivity index (χ2n) is 11.4. The molecule has 0 saturated carbocycles. The van der Waals surface area contributed by atoms with Gasteiger partial charge in [-0.2, -0.15) is 0 Å². The van der Waals surface area contributed by atoms with E-state index in [2.05, 4.69) is 25.9 Å². The van der Waals surface area contributed by atoms with Gasteiger partial charge in [0.05, 0.1) is 6.04 Å². The Morgan fingerprint density at radius 3 is 1.71 bits per heavy atom. The van der Waals surface area contributed by atoms with Crippen molar-refractivity contribution in [1.82, 2.24) is 25.9 Å². The van der Waals surface area contributed by atoms with Crippen molar-refractivity contribution in [2.45, 2.75) is 63.7 Å². The highest BCUT2D eigenvalue weighted by atomic mass is 16.4. The Kier molecular flexibility index (Phi) is 10.6. The Morgan fingerprint density at radius 1 is 0.733 bits per heavy atom. The van der Waals surface area contributed by atoms with Crippen molar-refractivity contribution in [3.63, 3.8) is 0 Å². The quantitative estimate of drug-likeness (QED) is 0.0972. The fourth-order valence-corrected chi connectivity index (χ4v) is 5.12. The molecule has 45 heavy (non-hydrogen) atoms. The molecule has 4 amide bonds. The zero-order chi connectivity index (χ0) is 32.7. The number of aliphatic carboxylic acids is 1. The van der Waals surface area contributed by atoms with Gasteiger partial charge >= 0.3 is 5.97 Å². The molecule has 13 heteroatoms. The van der Waals surface area contributed by atoms with Gasteiger partial charge in [-0.1, -0.05) is 50.2 Å². The number of carbonyl (C=O) groups excluding carboxylic acids is 4. The van der Waals surface area contributed by atoms with E-state index in [-0.39, 0.29) is 31.6 Å². The van der Waals surface area contributed by atoms with Gasteiger partial charge in [-0.25, -0.2) is 4.79 Å². The standard InChI is InChI=1S/C32H39N7O6/c1-17(2)28(34)31(43)38-25(13-18-15-35-22-9-5-3-7-20(18)22)30(42)37-24(11-12-27(33)40)29(41)39-26(32(44)45)14-19-16-36-23-10-6-4-8-21(19)23/h3-10,15-17,24-26,28,35-36H,11-14,34H2,1-2H3,(H2,33,40)(H,37,42)(H,38,43)(H,39,41)(H,44,45). The maximum atomic E-state index is 13.7. The first-order valence-electron chi connectivity index (χ1n) is 14.7. The van der Waals surface area contributed by atoms with Crippen LogP contribution in [0.3, 0.4) is 0 Å². The minimum Gasteiger partial charge on any atom is -0.480 e. The Balaban J connectivity index is 1.56. The van der Waals surface area contributed by atoms with E-state index in [0.717, 1.165) is 27.4 Å². The average molecular weight is 618 g/mol. The molecular weight excluding hydrogens is 578 g/mol. The predicted molar refractivity (Wildman–Crippen MR) is 169 cm³/mol. The van der Waals surface area contributed by atoms with Crippen LogP contribution in [0.25, 0.3) is 21.8 Å². The van der Waals surface area contributed by atoms with E-state index in [1.54, 1.807) is 26.2 Å². The fraction of sp³-hybridized carbons (Fsp3) is 0.344. The van der Waals surface area contributed by atoms with E-state index < -0.39 is 53.8 Å². The van der Waals surface area contributed by atoms with Crippen molar-refractivity contribution in [3.05, 3.63) is 72.1 Å². The van der Waals surface area contributed by atoms with Crippen molar-refractivity contribution < 1.29 is 29.1 Å². The zero-order valence-electron chi connectivity index (χ0n) is 25.1. The van der Waals surface area contributed by atoms with Crippen molar-refractivity contribution in [2.75, 3.05) is 0 Å². The van der Waals surface area contributed by atoms with E-state index in [1.165, 1.54) is 0 Å². The molecule has 0 aliphatic heterocycles. The average Bonchev–Trinajstić information content (AvgIpc) is 3.61. The molecule has 0 radical (unpaired) electrons. The highest BCUT2D eigenvalue weighted by Crippen LogP contribution is 2.21. The Morgan fingerprint density at radius 2 is 1.20 bits per heavy atom. The summed E-state index contributed by atoms with van der Waals surface area (Å²) in [4.78, 5) is 70.2. The maximum Gasteiger partial charge on any atom is 0.326 e. The molecule has 0 aliphatic rings. The van der Waals surface area contributed by atoms with Crippen molar-refractivity contribution in [3.8, 4) is 0 Å². The van der Waals surface area contributed by atoms with Gasteiger partial charge in [-0.05, 0) is 35.6 Å². The Labute approximate surface area is 259 Å². The minimum atomic E-state index is -1.34. The van der Waals surface area contributed by atoms with Crippen LogP contribution in [-0.2, 0) is 36.8 Å². The van der Waals surface area contributed by atoms with Gasteiger partial charge in [0.2, 0.25) is 23.6 Å². The van der Waals surface area contributed by atoms with Crippen LogP contribution in [0.15, 0.2) is 60.9 Å². The first-order chi connectivity index (χ1) is 21.4. The lowest BCUT2D eigenvalue weighted by atomic mass is 10.0. The van der Waals surface area contributed by atoms with E-state index in [1.807, 2.05) is 48.5 Å². The molecule has 0 saturated heterocycles. The number of aromatic amines is 2. The minimum absolute atomic E-state index is 0.0338. The molecule has 238 valence electrons. The molecule has 10 N–H and O–H groups in total. The molecule has 13 nitrogen and oxygen atoms in total. The molecule has 2 heterocycles. The number of amides is 4. The topological polar surface area (TPSA) is 225 Å². The summed E-state index contributed by atoms with van der Waals surface area (Å²) < 4.78 is 0. The fourth-order valence-electron chi connectivity index (χ4n) is 5.12. The van der Waals surface area contributed by atoms with Gasteiger partial charge in [-0.3, -0.25) is 19.2 Å². The van der Waals surface area contributed by atoms with Gasteiger partial charge in [0, 0.05) is 53.5 Å². The summed E-state index contributed by atoms with van der Waals surface area (Å²) in [6, 6.07) is 10.1. The van der Waals surface area contributed by atoms with Crippen LogP contribution in [-0.4, -0.2) is 68.8 Å². The third-order valence-electron chi connectivity index (χ3n) is 7.78. The van der Waals surface area contributed by atoms with Crippen LogP contribution in [0.1, 0.15) is 37.8 Å². The molecule has 4 atom stereocenters. The van der Waals surface area contributed by atoms with Gasteiger partial charge < -0.3 is 42.5 Å². The molecule has 4 aromatic rings. The monoisotopic (exact) mass is 617 g/mol. The number of nitrogens with two attached hydrogens (primary N) is 2. The number of hydrogen-bond acceptors (Lipinski definition) is 6. The zero-order valence-corrected chi connectivity index (χ0v) is 25.1. The van der Waals surface area contributed by atoms with Crippen LogP contribution in [0.4, 0.5) is 0 Å². The number of para-hydroxylation sites is 2. The molecule has 0 aliphatic carbocycles. The van der Waals surface area contributed by atoms with Crippen molar-refractivity contribution >= 4 is 51.4 Å². The number of carboxylic acid groups (broad SMARTS) is 1. The van der Waals surface area contributed by atoms with Crippen LogP contribution in [0.2, 0.25) is 0 Å². The van der Waals surface area contributed by atoms with Crippen LogP contribution < -0.4 is 27.4 Å². The first-order valence-corrected chi connectivity index (χ1v) is 14.7. The third-order valence-corrected chi connectivity index (χ3v) is 7.78. The number of nitrogens with one attached hydrogen (secondary N) is 5. The van der Waals surface area contributed by atoms with Gasteiger partial charge in [-0.15, -0.1) is 0 Å². The summed E-state index contributed by atoms with van der Waals surface area (Å²) in [6.07, 6.45) is 3.00. The maximum absolute atomic E-state index is 13.7. The number of carbonyl (C=O) groups is 5. The highest BCUT2D eigenvalue weighted by Gasteiger charge is 2.32. The third kappa shape index (κ3) is 8.26. The largest absolute Gasteiger partial charge is 0.480 e. The number of benzene rings is 2. The normalized spacial score (nSPS) is 14.0. The van der Waals surface area contributed by atoms with Gasteiger partial charge in [0.1, 0.15) is 18.1 Å². The van der Waals surface area contributed by atoms with Crippen molar-refractivity contribution in [2.24, 2.45) is 17.4 Å². The lowest BCUT2D eigenvalue weighted by Crippen LogP contribution is -2.58. The second-order valence-corrected chi connectivity index (χ2v) is 11.4. The van der Waals surface area contributed by atoms with Crippen LogP contribution in [0, 0.1) is 5.92 Å². The van der Waals surface area contributed by atoms with E-state index in [0.29, 0.717) is 5.56 Å².